The van der Waals surface area contributed by atoms with Crippen LogP contribution < -0.4 is 0 Å². The topological polar surface area (TPSA) is 0 Å². The van der Waals surface area contributed by atoms with Gasteiger partial charge in [-0.1, -0.05) is 48.6 Å². The Hall–Kier alpha value is -0.521. The zero-order valence-electron chi connectivity index (χ0n) is 10.6. The van der Waals surface area contributed by atoms with Crippen LogP contribution in [0.4, 0.5) is 0 Å². The second kappa shape index (κ2) is 13.5. The predicted octanol–water partition coefficient (Wildman–Crippen LogP) is 5.34. The van der Waals surface area contributed by atoms with Gasteiger partial charge in [-0.2, -0.15) is 0 Å². The van der Waals surface area contributed by atoms with Crippen molar-refractivity contribution in [3.8, 4) is 0 Å². The van der Waals surface area contributed by atoms with Gasteiger partial charge in [-0.05, 0) is 51.4 Å². The quantitative estimate of drug-likeness (QED) is 0.412. The minimum absolute atomic E-state index is 0. The number of rotatable bonds is 0. The summed E-state index contributed by atoms with van der Waals surface area (Å²) >= 11 is 0. The molecule has 2 aliphatic rings. The molecule has 2 rings (SSSR count). The molecule has 0 aromatic carbocycles. The summed E-state index contributed by atoms with van der Waals surface area (Å²) in [6.07, 6.45) is 28.0. The Morgan fingerprint density at radius 2 is 0.412 bits per heavy atom. The SMILES string of the molecule is C1=C\CC/C=C\CC/1.C1=C\CC/C=C\CC/1.[Fe]. The van der Waals surface area contributed by atoms with Gasteiger partial charge in [0.2, 0.25) is 0 Å². The fraction of sp³-hybridized carbons (Fsp3) is 0.500. The smallest absolute Gasteiger partial charge is 0 e. The molecule has 0 atom stereocenters. The molecule has 96 valence electrons. The average molecular weight is 272 g/mol. The first-order chi connectivity index (χ1) is 8.00. The van der Waals surface area contributed by atoms with Crippen LogP contribution in [0.5, 0.6) is 0 Å². The van der Waals surface area contributed by atoms with Crippen molar-refractivity contribution < 1.29 is 17.1 Å². The molecule has 0 saturated carbocycles. The Labute approximate surface area is 117 Å². The first-order valence-corrected chi connectivity index (χ1v) is 6.60. The second-order valence-corrected chi connectivity index (χ2v) is 4.20. The van der Waals surface area contributed by atoms with E-state index < -0.39 is 0 Å². The molecule has 2 aliphatic carbocycles. The van der Waals surface area contributed by atoms with Crippen molar-refractivity contribution in [1.82, 2.24) is 0 Å². The summed E-state index contributed by atoms with van der Waals surface area (Å²) in [7, 11) is 0. The largest absolute Gasteiger partial charge is 0.0882 e. The predicted molar refractivity (Wildman–Crippen MR) is 73.5 cm³/mol. The van der Waals surface area contributed by atoms with Gasteiger partial charge in [-0.25, -0.2) is 0 Å². The molecule has 0 nitrogen and oxygen atoms in total. The van der Waals surface area contributed by atoms with Crippen molar-refractivity contribution in [3.63, 3.8) is 0 Å². The van der Waals surface area contributed by atoms with Crippen molar-refractivity contribution in [2.75, 3.05) is 0 Å². The normalized spacial score (nSPS) is 26.4. The zero-order valence-corrected chi connectivity index (χ0v) is 11.7. The van der Waals surface area contributed by atoms with E-state index in [0.717, 1.165) is 0 Å². The molecule has 1 heteroatoms. The third-order valence-corrected chi connectivity index (χ3v) is 2.67. The summed E-state index contributed by atoms with van der Waals surface area (Å²) in [6.45, 7) is 0. The van der Waals surface area contributed by atoms with Gasteiger partial charge in [0.15, 0.2) is 0 Å². The second-order valence-electron chi connectivity index (χ2n) is 4.20. The number of allylic oxidation sites excluding steroid dienone is 8. The van der Waals surface area contributed by atoms with Crippen LogP contribution in [0.15, 0.2) is 48.6 Å². The van der Waals surface area contributed by atoms with Crippen LogP contribution in [-0.2, 0) is 17.1 Å². The van der Waals surface area contributed by atoms with E-state index in [1.54, 1.807) is 0 Å². The van der Waals surface area contributed by atoms with Crippen LogP contribution in [0.1, 0.15) is 51.4 Å². The fourth-order valence-electron chi connectivity index (χ4n) is 1.71. The van der Waals surface area contributed by atoms with E-state index in [4.69, 9.17) is 0 Å². The van der Waals surface area contributed by atoms with E-state index in [2.05, 4.69) is 48.6 Å². The molecule has 0 bridgehead atoms. The van der Waals surface area contributed by atoms with Gasteiger partial charge in [0, 0.05) is 17.1 Å². The van der Waals surface area contributed by atoms with Crippen molar-refractivity contribution in [2.24, 2.45) is 0 Å². The molecule has 0 aromatic rings. The molecule has 0 N–H and O–H groups in total. The van der Waals surface area contributed by atoms with E-state index in [9.17, 15) is 0 Å². The van der Waals surface area contributed by atoms with Crippen molar-refractivity contribution in [3.05, 3.63) is 48.6 Å². The molecule has 17 heavy (non-hydrogen) atoms. The van der Waals surface area contributed by atoms with Gasteiger partial charge in [0.1, 0.15) is 0 Å². The van der Waals surface area contributed by atoms with Gasteiger partial charge in [0.25, 0.3) is 0 Å². The minimum Gasteiger partial charge on any atom is -0.0882 e. The first kappa shape index (κ1) is 16.5. The molecule has 0 radical (unpaired) electrons. The standard InChI is InChI=1S/2C8H12.Fe/c2*1-2-4-6-8-7-5-3-1;/h2*1-2,7-8H,3-6H2;/b2*2-1-,8-7-;. The van der Waals surface area contributed by atoms with Crippen LogP contribution in [0.3, 0.4) is 0 Å². The van der Waals surface area contributed by atoms with Gasteiger partial charge < -0.3 is 0 Å². The molecule has 0 heterocycles. The molecule has 0 spiro atoms. The number of hydrogen-bond donors (Lipinski definition) is 0. The molecule has 0 aromatic heterocycles. The summed E-state index contributed by atoms with van der Waals surface area (Å²) in [5.41, 5.74) is 0. The van der Waals surface area contributed by atoms with Gasteiger partial charge in [-0.3, -0.25) is 0 Å². The molecule has 0 aliphatic heterocycles. The van der Waals surface area contributed by atoms with E-state index >= 15 is 0 Å². The number of hydrogen-bond acceptors (Lipinski definition) is 0. The summed E-state index contributed by atoms with van der Waals surface area (Å²) in [6, 6.07) is 0. The summed E-state index contributed by atoms with van der Waals surface area (Å²) in [5.74, 6) is 0. The minimum atomic E-state index is 0. The van der Waals surface area contributed by atoms with E-state index in [-0.39, 0.29) is 17.1 Å². The Kier molecular flexibility index (Phi) is 13.1. The molecule has 0 amide bonds. The first-order valence-electron chi connectivity index (χ1n) is 6.60. The van der Waals surface area contributed by atoms with Crippen LogP contribution in [0, 0.1) is 0 Å². The maximum atomic E-state index is 2.27. The van der Waals surface area contributed by atoms with Crippen molar-refractivity contribution in [2.45, 2.75) is 51.4 Å². The Balaban J connectivity index is 0.000000284. The average Bonchev–Trinajstić information content (AvgIpc) is 2.15. The van der Waals surface area contributed by atoms with Crippen LogP contribution in [-0.4, -0.2) is 0 Å². The summed E-state index contributed by atoms with van der Waals surface area (Å²) in [4.78, 5) is 0. The van der Waals surface area contributed by atoms with Crippen LogP contribution in [0.2, 0.25) is 0 Å². The molecule has 0 saturated heterocycles. The maximum Gasteiger partial charge on any atom is 0 e. The molecular formula is C16H24Fe. The molecular weight excluding hydrogens is 248 g/mol. The van der Waals surface area contributed by atoms with E-state index in [1.807, 2.05) is 0 Å². The Morgan fingerprint density at radius 1 is 0.294 bits per heavy atom. The van der Waals surface area contributed by atoms with Gasteiger partial charge in [0.05, 0.1) is 0 Å². The summed E-state index contributed by atoms with van der Waals surface area (Å²) in [5, 5.41) is 0. The maximum absolute atomic E-state index is 2.27. The molecule has 0 unspecified atom stereocenters. The summed E-state index contributed by atoms with van der Waals surface area (Å²) < 4.78 is 0. The van der Waals surface area contributed by atoms with Gasteiger partial charge in [-0.15, -0.1) is 0 Å². The third kappa shape index (κ3) is 11.7. The van der Waals surface area contributed by atoms with Crippen LogP contribution in [0.25, 0.3) is 0 Å². The monoisotopic (exact) mass is 272 g/mol. The van der Waals surface area contributed by atoms with Gasteiger partial charge >= 0.3 is 0 Å². The van der Waals surface area contributed by atoms with Crippen molar-refractivity contribution >= 4 is 0 Å². The van der Waals surface area contributed by atoms with Crippen LogP contribution >= 0.6 is 0 Å². The van der Waals surface area contributed by atoms with Crippen molar-refractivity contribution in [1.29, 1.82) is 0 Å². The Bertz CT molecular complexity index is 179. The molecule has 0 fully saturated rings. The third-order valence-electron chi connectivity index (χ3n) is 2.67. The zero-order chi connectivity index (χ0) is 11.3. The fourth-order valence-corrected chi connectivity index (χ4v) is 1.71. The van der Waals surface area contributed by atoms with E-state index in [0.29, 0.717) is 0 Å². The van der Waals surface area contributed by atoms with E-state index in [1.165, 1.54) is 51.4 Å². The Morgan fingerprint density at radius 3 is 0.529 bits per heavy atom.